The van der Waals surface area contributed by atoms with Crippen LogP contribution in [-0.2, 0) is 4.79 Å². The largest absolute Gasteiger partial charge is 0.463 e. The molecule has 0 aliphatic heterocycles. The molecule has 1 aromatic carbocycles. The number of rotatable bonds is 14. The molecule has 1 heterocycles. The van der Waals surface area contributed by atoms with Gasteiger partial charge in [-0.15, -0.1) is 0 Å². The zero-order valence-electron chi connectivity index (χ0n) is 17.6. The van der Waals surface area contributed by atoms with Gasteiger partial charge < -0.3 is 4.42 Å². The minimum absolute atomic E-state index is 0.123. The summed E-state index contributed by atoms with van der Waals surface area (Å²) in [5.41, 5.74) is 3.19. The molecule has 1 N–H and O–H groups in total. The minimum Gasteiger partial charge on any atom is -0.463 e. The average molecular weight is 399 g/mol. The summed E-state index contributed by atoms with van der Waals surface area (Å²) in [6.45, 7) is 2.25. The molecule has 29 heavy (non-hydrogen) atoms. The standard InChI is InChI=1S/C24H34N2O3/c1-2-3-4-5-6-7-8-9-10-11-12-17-23(27)26-25-18-20-19-29-22-16-14-13-15-21(22)24(20)28/h13-16,18-19H,2-12,17H2,1H3,(H,26,27). The van der Waals surface area contributed by atoms with Crippen LogP contribution in [0.25, 0.3) is 11.0 Å². The predicted octanol–water partition coefficient (Wildman–Crippen LogP) is 5.94. The molecule has 0 fully saturated rings. The second-order valence-corrected chi connectivity index (χ2v) is 7.60. The number of benzene rings is 1. The van der Waals surface area contributed by atoms with Gasteiger partial charge in [-0.25, -0.2) is 5.43 Å². The van der Waals surface area contributed by atoms with Crippen LogP contribution in [0.2, 0.25) is 0 Å². The van der Waals surface area contributed by atoms with Crippen LogP contribution in [0.5, 0.6) is 0 Å². The fraction of sp³-hybridized carbons (Fsp3) is 0.542. The maximum Gasteiger partial charge on any atom is 0.240 e. The number of carbonyl (C=O) groups excluding carboxylic acids is 1. The van der Waals surface area contributed by atoms with Gasteiger partial charge >= 0.3 is 0 Å². The van der Waals surface area contributed by atoms with Crippen LogP contribution in [0.4, 0.5) is 0 Å². The van der Waals surface area contributed by atoms with Crippen molar-refractivity contribution >= 4 is 23.1 Å². The molecule has 0 saturated carbocycles. The normalized spacial score (nSPS) is 11.3. The predicted molar refractivity (Wildman–Crippen MR) is 119 cm³/mol. The Morgan fingerprint density at radius 1 is 0.966 bits per heavy atom. The molecule has 2 aromatic rings. The molecular formula is C24H34N2O3. The average Bonchev–Trinajstić information content (AvgIpc) is 2.74. The number of fused-ring (bicyclic) bond motifs is 1. The molecule has 0 unspecified atom stereocenters. The number of hydrogen-bond acceptors (Lipinski definition) is 4. The van der Waals surface area contributed by atoms with Crippen LogP contribution in [0.3, 0.4) is 0 Å². The first kappa shape index (κ1) is 22.9. The molecule has 1 amide bonds. The molecular weight excluding hydrogens is 364 g/mol. The Labute approximate surface area is 173 Å². The number of nitrogens with one attached hydrogen (secondary N) is 1. The number of hydrogen-bond donors (Lipinski definition) is 1. The van der Waals surface area contributed by atoms with E-state index in [0.717, 1.165) is 12.8 Å². The van der Waals surface area contributed by atoms with Crippen molar-refractivity contribution in [2.75, 3.05) is 0 Å². The third-order valence-electron chi connectivity index (χ3n) is 5.11. The van der Waals surface area contributed by atoms with Crippen molar-refractivity contribution in [3.05, 3.63) is 46.3 Å². The maximum absolute atomic E-state index is 12.3. The Balaban J connectivity index is 1.56. The fourth-order valence-corrected chi connectivity index (χ4v) is 3.36. The van der Waals surface area contributed by atoms with Crippen LogP contribution < -0.4 is 10.9 Å². The van der Waals surface area contributed by atoms with E-state index in [1.165, 1.54) is 70.3 Å². The van der Waals surface area contributed by atoms with E-state index in [9.17, 15) is 9.59 Å². The highest BCUT2D eigenvalue weighted by molar-refractivity contribution is 5.87. The van der Waals surface area contributed by atoms with Crippen molar-refractivity contribution in [3.63, 3.8) is 0 Å². The van der Waals surface area contributed by atoms with Crippen LogP contribution >= 0.6 is 0 Å². The molecule has 158 valence electrons. The summed E-state index contributed by atoms with van der Waals surface area (Å²) in [5, 5.41) is 4.40. The maximum atomic E-state index is 12.3. The zero-order valence-corrected chi connectivity index (χ0v) is 17.6. The summed E-state index contributed by atoms with van der Waals surface area (Å²) in [6, 6.07) is 7.06. The molecule has 0 aliphatic rings. The second-order valence-electron chi connectivity index (χ2n) is 7.60. The van der Waals surface area contributed by atoms with Crippen LogP contribution in [-0.4, -0.2) is 12.1 Å². The first-order chi connectivity index (χ1) is 14.2. The Kier molecular flexibility index (Phi) is 10.8. The lowest BCUT2D eigenvalue weighted by atomic mass is 10.1. The molecule has 0 saturated heterocycles. The molecule has 0 spiro atoms. The van der Waals surface area contributed by atoms with Gasteiger partial charge in [0, 0.05) is 6.42 Å². The highest BCUT2D eigenvalue weighted by atomic mass is 16.3. The van der Waals surface area contributed by atoms with E-state index in [4.69, 9.17) is 4.42 Å². The summed E-state index contributed by atoms with van der Waals surface area (Å²) >= 11 is 0. The van der Waals surface area contributed by atoms with Gasteiger partial charge in [0.2, 0.25) is 11.3 Å². The molecule has 5 heteroatoms. The van der Waals surface area contributed by atoms with E-state index in [0.29, 0.717) is 23.0 Å². The van der Waals surface area contributed by atoms with E-state index >= 15 is 0 Å². The lowest BCUT2D eigenvalue weighted by Gasteiger charge is -2.02. The van der Waals surface area contributed by atoms with Crippen LogP contribution in [0.1, 0.15) is 89.5 Å². The number of amides is 1. The van der Waals surface area contributed by atoms with Crippen LogP contribution in [0.15, 0.2) is 44.8 Å². The minimum atomic E-state index is -0.157. The van der Waals surface area contributed by atoms with Crippen molar-refractivity contribution in [1.82, 2.24) is 5.43 Å². The SMILES string of the molecule is CCCCCCCCCCCCCC(=O)NN=Cc1coc2ccccc2c1=O. The third kappa shape index (κ3) is 8.63. The van der Waals surface area contributed by atoms with Crippen molar-refractivity contribution in [2.24, 2.45) is 5.10 Å². The molecule has 2 rings (SSSR count). The Hall–Kier alpha value is -2.43. The summed E-state index contributed by atoms with van der Waals surface area (Å²) in [6.07, 6.45) is 17.0. The van der Waals surface area contributed by atoms with E-state index in [1.54, 1.807) is 18.2 Å². The Morgan fingerprint density at radius 2 is 1.59 bits per heavy atom. The monoisotopic (exact) mass is 398 g/mol. The van der Waals surface area contributed by atoms with Gasteiger partial charge in [-0.3, -0.25) is 9.59 Å². The number of para-hydroxylation sites is 1. The molecule has 0 radical (unpaired) electrons. The van der Waals surface area contributed by atoms with Crippen molar-refractivity contribution in [2.45, 2.75) is 84.0 Å². The molecule has 0 bridgehead atoms. The fourth-order valence-electron chi connectivity index (χ4n) is 3.36. The first-order valence-corrected chi connectivity index (χ1v) is 11.0. The number of carbonyl (C=O) groups is 1. The topological polar surface area (TPSA) is 71.7 Å². The molecule has 0 atom stereocenters. The zero-order chi connectivity index (χ0) is 20.7. The quantitative estimate of drug-likeness (QED) is 0.243. The summed E-state index contributed by atoms with van der Waals surface area (Å²) < 4.78 is 5.42. The Morgan fingerprint density at radius 3 is 2.28 bits per heavy atom. The van der Waals surface area contributed by atoms with Gasteiger partial charge in [-0.2, -0.15) is 5.10 Å². The van der Waals surface area contributed by atoms with Gasteiger partial charge in [0.15, 0.2) is 0 Å². The van der Waals surface area contributed by atoms with Gasteiger partial charge in [0.1, 0.15) is 11.8 Å². The summed E-state index contributed by atoms with van der Waals surface area (Å²) in [4.78, 5) is 24.2. The first-order valence-electron chi connectivity index (χ1n) is 11.0. The van der Waals surface area contributed by atoms with Gasteiger partial charge in [0.25, 0.3) is 0 Å². The lowest BCUT2D eigenvalue weighted by molar-refractivity contribution is -0.121. The van der Waals surface area contributed by atoms with Gasteiger partial charge in [-0.05, 0) is 18.6 Å². The second kappa shape index (κ2) is 13.7. The van der Waals surface area contributed by atoms with E-state index in [2.05, 4.69) is 17.5 Å². The van der Waals surface area contributed by atoms with Crippen molar-refractivity contribution in [1.29, 1.82) is 0 Å². The van der Waals surface area contributed by atoms with E-state index in [-0.39, 0.29) is 11.3 Å². The van der Waals surface area contributed by atoms with Crippen molar-refractivity contribution < 1.29 is 9.21 Å². The van der Waals surface area contributed by atoms with Gasteiger partial charge in [0.05, 0.1) is 17.2 Å². The number of nitrogens with zero attached hydrogens (tertiary/aromatic N) is 1. The van der Waals surface area contributed by atoms with Crippen LogP contribution in [0, 0.1) is 0 Å². The number of hydrazone groups is 1. The smallest absolute Gasteiger partial charge is 0.240 e. The highest BCUT2D eigenvalue weighted by Crippen LogP contribution is 2.12. The third-order valence-corrected chi connectivity index (χ3v) is 5.11. The summed E-state index contributed by atoms with van der Waals surface area (Å²) in [7, 11) is 0. The van der Waals surface area contributed by atoms with E-state index < -0.39 is 0 Å². The highest BCUT2D eigenvalue weighted by Gasteiger charge is 2.05. The number of unbranched alkanes of at least 4 members (excludes halogenated alkanes) is 10. The lowest BCUT2D eigenvalue weighted by Crippen LogP contribution is -2.18. The molecule has 1 aromatic heterocycles. The van der Waals surface area contributed by atoms with E-state index in [1.807, 2.05) is 6.07 Å². The molecule has 0 aliphatic carbocycles. The molecule has 5 nitrogen and oxygen atoms in total. The van der Waals surface area contributed by atoms with Crippen molar-refractivity contribution in [3.8, 4) is 0 Å². The Bertz CT molecular complexity index is 826. The van der Waals surface area contributed by atoms with Gasteiger partial charge in [-0.1, -0.05) is 83.3 Å². The summed E-state index contributed by atoms with van der Waals surface area (Å²) in [5.74, 6) is -0.123.